The second-order valence-electron chi connectivity index (χ2n) is 5.44. The van der Waals surface area contributed by atoms with Crippen LogP contribution in [0.5, 0.6) is 0 Å². The van der Waals surface area contributed by atoms with Crippen molar-refractivity contribution in [2.75, 3.05) is 23.7 Å². The van der Waals surface area contributed by atoms with Crippen LogP contribution in [0.15, 0.2) is 6.20 Å². The summed E-state index contributed by atoms with van der Waals surface area (Å²) in [4.78, 5) is 10.5. The van der Waals surface area contributed by atoms with Crippen molar-refractivity contribution in [2.24, 2.45) is 11.8 Å². The van der Waals surface area contributed by atoms with Gasteiger partial charge in [0.1, 0.15) is 5.02 Å². The first kappa shape index (κ1) is 12.0. The summed E-state index contributed by atoms with van der Waals surface area (Å²) >= 11 is 6.18. The second-order valence-corrected chi connectivity index (χ2v) is 5.85. The topological polar surface area (TPSA) is 55.0 Å². The SMILES string of the molecule is Nc1ncc(Cl)c(N2CCC3CCCCC3C2)n1. The first-order valence-electron chi connectivity index (χ1n) is 6.77. The molecule has 0 radical (unpaired) electrons. The van der Waals surface area contributed by atoms with Crippen molar-refractivity contribution < 1.29 is 0 Å². The number of nitrogens with two attached hydrogens (primary N) is 1. The highest BCUT2D eigenvalue weighted by Gasteiger charge is 2.32. The number of anilines is 2. The molecule has 0 amide bonds. The minimum Gasteiger partial charge on any atom is -0.368 e. The zero-order chi connectivity index (χ0) is 12.5. The van der Waals surface area contributed by atoms with Crippen molar-refractivity contribution in [2.45, 2.75) is 32.1 Å². The van der Waals surface area contributed by atoms with Gasteiger partial charge in [0.25, 0.3) is 0 Å². The minimum absolute atomic E-state index is 0.306. The molecule has 5 heteroatoms. The fourth-order valence-corrected chi connectivity index (χ4v) is 3.60. The molecule has 18 heavy (non-hydrogen) atoms. The molecule has 0 bridgehead atoms. The summed E-state index contributed by atoms with van der Waals surface area (Å²) in [6.45, 7) is 2.11. The van der Waals surface area contributed by atoms with E-state index in [9.17, 15) is 0 Å². The Balaban J connectivity index is 1.79. The third-order valence-corrected chi connectivity index (χ3v) is 4.60. The predicted molar refractivity (Wildman–Crippen MR) is 73.7 cm³/mol. The van der Waals surface area contributed by atoms with Gasteiger partial charge in [-0.2, -0.15) is 4.98 Å². The molecule has 98 valence electrons. The van der Waals surface area contributed by atoms with Crippen molar-refractivity contribution in [1.82, 2.24) is 9.97 Å². The zero-order valence-corrected chi connectivity index (χ0v) is 11.2. The summed E-state index contributed by atoms with van der Waals surface area (Å²) in [6, 6.07) is 0. The minimum atomic E-state index is 0.306. The van der Waals surface area contributed by atoms with Gasteiger partial charge < -0.3 is 10.6 Å². The first-order valence-corrected chi connectivity index (χ1v) is 7.15. The van der Waals surface area contributed by atoms with Gasteiger partial charge in [0.05, 0.1) is 6.20 Å². The van der Waals surface area contributed by atoms with Gasteiger partial charge in [-0.25, -0.2) is 4.98 Å². The Kier molecular flexibility index (Phi) is 3.29. The van der Waals surface area contributed by atoms with Crippen LogP contribution in [0.4, 0.5) is 11.8 Å². The number of fused-ring (bicyclic) bond motifs is 1. The van der Waals surface area contributed by atoms with Crippen molar-refractivity contribution in [3.63, 3.8) is 0 Å². The van der Waals surface area contributed by atoms with Gasteiger partial charge >= 0.3 is 0 Å². The lowest BCUT2D eigenvalue weighted by Crippen LogP contribution is -2.42. The smallest absolute Gasteiger partial charge is 0.222 e. The lowest BCUT2D eigenvalue weighted by Gasteiger charge is -2.41. The third-order valence-electron chi connectivity index (χ3n) is 4.33. The van der Waals surface area contributed by atoms with E-state index in [1.54, 1.807) is 6.20 Å². The standard InChI is InChI=1S/C13H19ClN4/c14-11-7-16-13(15)17-12(11)18-6-5-9-3-1-2-4-10(9)8-18/h7,9-10H,1-6,8H2,(H2,15,16,17). The molecule has 4 nitrogen and oxygen atoms in total. The maximum absolute atomic E-state index is 6.18. The zero-order valence-electron chi connectivity index (χ0n) is 10.5. The largest absolute Gasteiger partial charge is 0.368 e. The summed E-state index contributed by atoms with van der Waals surface area (Å²) in [6.07, 6.45) is 8.38. The molecule has 2 unspecified atom stereocenters. The number of hydrogen-bond donors (Lipinski definition) is 1. The maximum atomic E-state index is 6.18. The molecule has 2 N–H and O–H groups in total. The Hall–Kier alpha value is -1.03. The highest BCUT2D eigenvalue weighted by atomic mass is 35.5. The Morgan fingerprint density at radius 1 is 1.22 bits per heavy atom. The highest BCUT2D eigenvalue weighted by molar-refractivity contribution is 6.32. The molecular weight excluding hydrogens is 248 g/mol. The van der Waals surface area contributed by atoms with E-state index >= 15 is 0 Å². The van der Waals surface area contributed by atoms with Gasteiger partial charge in [-0.3, -0.25) is 0 Å². The molecule has 2 fully saturated rings. The van der Waals surface area contributed by atoms with E-state index in [0.717, 1.165) is 30.7 Å². The van der Waals surface area contributed by atoms with Gasteiger partial charge in [-0.05, 0) is 24.7 Å². The molecule has 1 saturated heterocycles. The Bertz CT molecular complexity index is 437. The molecular formula is C13H19ClN4. The van der Waals surface area contributed by atoms with E-state index in [-0.39, 0.29) is 0 Å². The van der Waals surface area contributed by atoms with E-state index in [4.69, 9.17) is 17.3 Å². The number of nitrogens with zero attached hydrogens (tertiary/aromatic N) is 3. The molecule has 0 spiro atoms. The molecule has 2 heterocycles. The maximum Gasteiger partial charge on any atom is 0.222 e. The molecule has 0 aromatic carbocycles. The van der Waals surface area contributed by atoms with Crippen LogP contribution in [0.1, 0.15) is 32.1 Å². The summed E-state index contributed by atoms with van der Waals surface area (Å²) in [5, 5.41) is 0.610. The second kappa shape index (κ2) is 4.92. The predicted octanol–water partition coefficient (Wildman–Crippen LogP) is 2.73. The van der Waals surface area contributed by atoms with Crippen LogP contribution < -0.4 is 10.6 Å². The summed E-state index contributed by atoms with van der Waals surface area (Å²) in [5.74, 6) is 2.83. The highest BCUT2D eigenvalue weighted by Crippen LogP contribution is 2.38. The number of piperidine rings is 1. The average molecular weight is 267 g/mol. The fraction of sp³-hybridized carbons (Fsp3) is 0.692. The third kappa shape index (κ3) is 2.26. The van der Waals surface area contributed by atoms with Gasteiger partial charge in [0.15, 0.2) is 5.82 Å². The molecule has 1 aromatic rings. The van der Waals surface area contributed by atoms with Crippen LogP contribution in [0.25, 0.3) is 0 Å². The van der Waals surface area contributed by atoms with Gasteiger partial charge in [-0.1, -0.05) is 30.9 Å². The van der Waals surface area contributed by atoms with E-state index in [2.05, 4.69) is 14.9 Å². The van der Waals surface area contributed by atoms with Gasteiger partial charge in [0, 0.05) is 13.1 Å². The van der Waals surface area contributed by atoms with Gasteiger partial charge in [0.2, 0.25) is 5.95 Å². The van der Waals surface area contributed by atoms with Crippen molar-refractivity contribution in [1.29, 1.82) is 0 Å². The van der Waals surface area contributed by atoms with Gasteiger partial charge in [-0.15, -0.1) is 0 Å². The molecule has 1 aromatic heterocycles. The Labute approximate surface area is 113 Å². The molecule has 1 aliphatic heterocycles. The summed E-state index contributed by atoms with van der Waals surface area (Å²) in [7, 11) is 0. The van der Waals surface area contributed by atoms with Crippen molar-refractivity contribution in [3.8, 4) is 0 Å². The quantitative estimate of drug-likeness (QED) is 0.849. The van der Waals surface area contributed by atoms with Crippen LogP contribution >= 0.6 is 11.6 Å². The molecule has 2 aliphatic rings. The fourth-order valence-electron chi connectivity index (χ4n) is 3.39. The van der Waals surface area contributed by atoms with Crippen LogP contribution in [0.3, 0.4) is 0 Å². The monoisotopic (exact) mass is 266 g/mol. The molecule has 1 saturated carbocycles. The Morgan fingerprint density at radius 3 is 2.83 bits per heavy atom. The normalized spacial score (nSPS) is 27.9. The van der Waals surface area contributed by atoms with Crippen LogP contribution in [-0.2, 0) is 0 Å². The molecule has 1 aliphatic carbocycles. The average Bonchev–Trinajstić information content (AvgIpc) is 2.41. The number of hydrogen-bond acceptors (Lipinski definition) is 4. The van der Waals surface area contributed by atoms with Crippen LogP contribution in [0, 0.1) is 11.8 Å². The number of halogens is 1. The molecule has 3 rings (SSSR count). The lowest BCUT2D eigenvalue weighted by molar-refractivity contribution is 0.202. The van der Waals surface area contributed by atoms with E-state index in [0.29, 0.717) is 11.0 Å². The summed E-state index contributed by atoms with van der Waals surface area (Å²) in [5.41, 5.74) is 5.66. The van der Waals surface area contributed by atoms with Crippen molar-refractivity contribution >= 4 is 23.4 Å². The first-order chi connectivity index (χ1) is 8.74. The van der Waals surface area contributed by atoms with Crippen LogP contribution in [0.2, 0.25) is 5.02 Å². The number of rotatable bonds is 1. The van der Waals surface area contributed by atoms with Crippen LogP contribution in [-0.4, -0.2) is 23.1 Å². The number of nitrogen functional groups attached to an aromatic ring is 1. The number of aromatic nitrogens is 2. The van der Waals surface area contributed by atoms with Crippen molar-refractivity contribution in [3.05, 3.63) is 11.2 Å². The summed E-state index contributed by atoms with van der Waals surface area (Å²) < 4.78 is 0. The van der Waals surface area contributed by atoms with E-state index in [1.807, 2.05) is 0 Å². The lowest BCUT2D eigenvalue weighted by atomic mass is 9.75. The molecule has 2 atom stereocenters. The Morgan fingerprint density at radius 2 is 2.00 bits per heavy atom. The van der Waals surface area contributed by atoms with E-state index in [1.165, 1.54) is 32.1 Å². The van der Waals surface area contributed by atoms with E-state index < -0.39 is 0 Å².